The molecule has 3 aromatic rings. The molecule has 1 saturated heterocycles. The first-order valence-corrected chi connectivity index (χ1v) is 17.4. The lowest BCUT2D eigenvalue weighted by atomic mass is 9.81. The van der Waals surface area contributed by atoms with Gasteiger partial charge < -0.3 is 35.1 Å². The Bertz CT molecular complexity index is 1670. The Kier molecular flexibility index (Phi) is 10.5. The average Bonchev–Trinajstić information content (AvgIpc) is 3.39. The molecule has 1 unspecified atom stereocenters. The van der Waals surface area contributed by atoms with Gasteiger partial charge in [-0.3, -0.25) is 9.59 Å². The zero-order valence-corrected chi connectivity index (χ0v) is 29.6. The summed E-state index contributed by atoms with van der Waals surface area (Å²) < 4.78 is 19.3. The number of thioether (sulfide) groups is 1. The van der Waals surface area contributed by atoms with Gasteiger partial charge in [-0.05, 0) is 83.9 Å². The summed E-state index contributed by atoms with van der Waals surface area (Å²) in [5, 5.41) is 2.99. The van der Waals surface area contributed by atoms with E-state index in [0.717, 1.165) is 66.3 Å². The minimum absolute atomic E-state index is 0. The fourth-order valence-corrected chi connectivity index (χ4v) is 7.75. The quantitative estimate of drug-likeness (QED) is 0.267. The number of benzene rings is 1. The van der Waals surface area contributed by atoms with E-state index in [1.165, 1.54) is 11.8 Å². The maximum atomic E-state index is 13.8. The highest BCUT2D eigenvalue weighted by Crippen LogP contribution is 2.52. The van der Waals surface area contributed by atoms with Crippen LogP contribution in [0.25, 0.3) is 11.1 Å². The van der Waals surface area contributed by atoms with Crippen molar-refractivity contribution in [2.75, 3.05) is 24.2 Å². The lowest BCUT2D eigenvalue weighted by Gasteiger charge is -2.36. The molecule has 0 spiro atoms. The van der Waals surface area contributed by atoms with Gasteiger partial charge in [-0.15, -0.1) is 24.2 Å². The number of anilines is 1. The van der Waals surface area contributed by atoms with Crippen LogP contribution in [0.3, 0.4) is 0 Å². The van der Waals surface area contributed by atoms with Crippen molar-refractivity contribution in [2.45, 2.75) is 95.8 Å². The molecule has 0 radical (unpaired) electrons. The van der Waals surface area contributed by atoms with E-state index in [9.17, 15) is 9.59 Å². The molecule has 1 saturated carbocycles. The van der Waals surface area contributed by atoms with Crippen LogP contribution in [-0.2, 0) is 11.3 Å². The number of aromatic amines is 1. The highest BCUT2D eigenvalue weighted by atomic mass is 35.5. The Morgan fingerprint density at radius 1 is 1.11 bits per heavy atom. The van der Waals surface area contributed by atoms with E-state index >= 15 is 0 Å². The first-order chi connectivity index (χ1) is 22.0. The van der Waals surface area contributed by atoms with Crippen LogP contribution in [0, 0.1) is 19.8 Å². The molecule has 1 aliphatic carbocycles. The van der Waals surface area contributed by atoms with Crippen LogP contribution in [0.2, 0.25) is 0 Å². The molecule has 3 atom stereocenters. The molecule has 1 amide bonds. The number of nitrogens with two attached hydrogens (primary N) is 1. The number of morpholine rings is 1. The van der Waals surface area contributed by atoms with Crippen molar-refractivity contribution in [2.24, 2.45) is 11.7 Å². The van der Waals surface area contributed by atoms with Gasteiger partial charge in [0.2, 0.25) is 0 Å². The SMILES string of the molecule is CSc1cc(C)[nH]c(=O)c1CNC(=O)c1cc(-c2ccc(N3C[C@@H](C)O[C@@H](C)C3)nc2)c2c(c1C)OC(C)(C1CCC(N)CC1)O2.Cl. The third kappa shape index (κ3) is 7.13. The number of nitrogens with one attached hydrogen (secondary N) is 2. The van der Waals surface area contributed by atoms with E-state index in [4.69, 9.17) is 24.9 Å². The minimum atomic E-state index is -0.882. The number of rotatable bonds is 7. The van der Waals surface area contributed by atoms with Crippen LogP contribution in [0.1, 0.15) is 73.6 Å². The molecule has 1 aromatic carbocycles. The summed E-state index contributed by atoms with van der Waals surface area (Å²) in [7, 11) is 0. The van der Waals surface area contributed by atoms with Crippen molar-refractivity contribution in [3.63, 3.8) is 0 Å². The largest absolute Gasteiger partial charge is 0.448 e. The second kappa shape index (κ2) is 14.1. The molecule has 10 nitrogen and oxygen atoms in total. The number of aromatic nitrogens is 2. The van der Waals surface area contributed by atoms with Crippen LogP contribution in [0.4, 0.5) is 5.82 Å². The zero-order chi connectivity index (χ0) is 32.7. The fraction of sp³-hybridized carbons (Fsp3) is 0.514. The number of carbonyl (C=O) groups excluding carboxylic acids is 1. The van der Waals surface area contributed by atoms with Gasteiger partial charge >= 0.3 is 0 Å². The van der Waals surface area contributed by atoms with Gasteiger partial charge in [0.05, 0.1) is 12.2 Å². The van der Waals surface area contributed by atoms with E-state index in [-0.39, 0.29) is 54.6 Å². The summed E-state index contributed by atoms with van der Waals surface area (Å²) in [6.07, 6.45) is 7.64. The summed E-state index contributed by atoms with van der Waals surface area (Å²) in [6, 6.07) is 8.02. The zero-order valence-electron chi connectivity index (χ0n) is 28.0. The number of hydrogen-bond donors (Lipinski definition) is 3. The molecule has 4 heterocycles. The fourth-order valence-electron chi connectivity index (χ4n) is 7.04. The van der Waals surface area contributed by atoms with Crippen molar-refractivity contribution in [1.82, 2.24) is 15.3 Å². The Balaban J connectivity index is 0.00000433. The highest BCUT2D eigenvalue weighted by Gasteiger charge is 2.47. The number of halogens is 1. The minimum Gasteiger partial charge on any atom is -0.448 e. The van der Waals surface area contributed by atoms with Crippen LogP contribution in [0.5, 0.6) is 11.5 Å². The number of ether oxygens (including phenoxy) is 3. The molecule has 6 rings (SSSR count). The number of fused-ring (bicyclic) bond motifs is 1. The second-order valence-electron chi connectivity index (χ2n) is 13.2. The van der Waals surface area contributed by atoms with Gasteiger partial charge in [0, 0.05) is 83.1 Å². The molecule has 254 valence electrons. The van der Waals surface area contributed by atoms with Crippen molar-refractivity contribution < 1.29 is 19.0 Å². The van der Waals surface area contributed by atoms with E-state index in [1.807, 2.05) is 57.5 Å². The van der Waals surface area contributed by atoms with E-state index < -0.39 is 5.79 Å². The summed E-state index contributed by atoms with van der Waals surface area (Å²) in [5.74, 6) is 1.05. The summed E-state index contributed by atoms with van der Waals surface area (Å²) in [6.45, 7) is 11.5. The topological polar surface area (TPSA) is 132 Å². The van der Waals surface area contributed by atoms with Gasteiger partial charge in [-0.2, -0.15) is 0 Å². The lowest BCUT2D eigenvalue weighted by molar-refractivity contribution is -0.120. The third-order valence-corrected chi connectivity index (χ3v) is 10.3. The predicted molar refractivity (Wildman–Crippen MR) is 188 cm³/mol. The third-order valence-electron chi connectivity index (χ3n) is 9.53. The second-order valence-corrected chi connectivity index (χ2v) is 14.0. The van der Waals surface area contributed by atoms with Crippen molar-refractivity contribution in [3.05, 3.63) is 63.2 Å². The molecule has 2 aliphatic heterocycles. The van der Waals surface area contributed by atoms with E-state index in [2.05, 4.69) is 29.0 Å². The van der Waals surface area contributed by atoms with Crippen LogP contribution >= 0.6 is 24.2 Å². The van der Waals surface area contributed by atoms with Crippen molar-refractivity contribution in [1.29, 1.82) is 0 Å². The first-order valence-electron chi connectivity index (χ1n) is 16.2. The van der Waals surface area contributed by atoms with E-state index in [1.54, 1.807) is 0 Å². The molecule has 47 heavy (non-hydrogen) atoms. The van der Waals surface area contributed by atoms with Gasteiger partial charge in [-0.1, -0.05) is 0 Å². The summed E-state index contributed by atoms with van der Waals surface area (Å²) in [4.78, 5) is 37.4. The number of carbonyl (C=O) groups is 1. The number of amides is 1. The monoisotopic (exact) mass is 683 g/mol. The maximum Gasteiger partial charge on any atom is 0.254 e. The number of nitrogens with zero attached hydrogens (tertiary/aromatic N) is 2. The molecule has 12 heteroatoms. The summed E-state index contributed by atoms with van der Waals surface area (Å²) >= 11 is 1.48. The Hall–Kier alpha value is -3.25. The molecule has 0 bridgehead atoms. The standard InChI is InChI=1S/C35H45N5O5S.ClH/c1-19-13-29(46-6)28(34(42)39-19)16-38-33(41)26-14-27(23-7-12-30(37-15-23)40-17-20(2)43-21(3)18-40)32-31(22(26)4)44-35(5,45-32)24-8-10-25(36)11-9-24;/h7,12-15,20-21,24-25H,8-11,16-18,36H2,1-6H3,(H,38,41)(H,39,42);1H/t20-,21+,24?,25?,35?;. The van der Waals surface area contributed by atoms with Gasteiger partial charge in [0.1, 0.15) is 5.82 Å². The predicted octanol–water partition coefficient (Wildman–Crippen LogP) is 5.75. The number of H-pyrrole nitrogens is 1. The normalized spacial score (nSPS) is 25.3. The number of aryl methyl sites for hydroxylation is 1. The molecule has 2 fully saturated rings. The van der Waals surface area contributed by atoms with Crippen LogP contribution in [-0.4, -0.2) is 59.3 Å². The van der Waals surface area contributed by atoms with Gasteiger partial charge in [0.15, 0.2) is 11.5 Å². The summed E-state index contributed by atoms with van der Waals surface area (Å²) in [5.41, 5.74) is 10.0. The average molecular weight is 684 g/mol. The smallest absolute Gasteiger partial charge is 0.254 e. The van der Waals surface area contributed by atoms with Crippen molar-refractivity contribution >= 4 is 35.9 Å². The van der Waals surface area contributed by atoms with Crippen LogP contribution in [0.15, 0.2) is 40.2 Å². The number of hydrogen-bond acceptors (Lipinski definition) is 9. The highest BCUT2D eigenvalue weighted by molar-refractivity contribution is 7.98. The molecular weight excluding hydrogens is 638 g/mol. The van der Waals surface area contributed by atoms with Gasteiger partial charge in [-0.25, -0.2) is 4.98 Å². The van der Waals surface area contributed by atoms with E-state index in [0.29, 0.717) is 28.2 Å². The van der Waals surface area contributed by atoms with Crippen LogP contribution < -0.4 is 31.0 Å². The lowest BCUT2D eigenvalue weighted by Crippen LogP contribution is -2.46. The Labute approximate surface area is 286 Å². The van der Waals surface area contributed by atoms with Crippen molar-refractivity contribution in [3.8, 4) is 22.6 Å². The molecular formula is C35H46ClN5O5S. The number of pyridine rings is 2. The molecule has 4 N–H and O–H groups in total. The van der Waals surface area contributed by atoms with Gasteiger partial charge in [0.25, 0.3) is 17.3 Å². The molecule has 2 aromatic heterocycles. The Morgan fingerprint density at radius 3 is 2.43 bits per heavy atom. The first kappa shape index (κ1) is 35.1. The molecule has 3 aliphatic rings. The Morgan fingerprint density at radius 2 is 1.79 bits per heavy atom. The maximum absolute atomic E-state index is 13.8.